The van der Waals surface area contributed by atoms with Crippen LogP contribution in [0.5, 0.6) is 0 Å². The van der Waals surface area contributed by atoms with E-state index in [0.29, 0.717) is 0 Å². The second-order valence-electron chi connectivity index (χ2n) is 9.22. The number of H-pyrrole nitrogens is 1. The van der Waals surface area contributed by atoms with Gasteiger partial charge in [-0.1, -0.05) is 42.0 Å². The molecule has 1 atom stereocenters. The van der Waals surface area contributed by atoms with Crippen molar-refractivity contribution in [1.82, 2.24) is 9.55 Å². The first-order valence-corrected chi connectivity index (χ1v) is 11.3. The third-order valence-electron chi connectivity index (χ3n) is 6.68. The van der Waals surface area contributed by atoms with Crippen LogP contribution in [0.2, 0.25) is 0 Å². The zero-order valence-electron chi connectivity index (χ0n) is 19.3. The van der Waals surface area contributed by atoms with Crippen LogP contribution in [-0.2, 0) is 0 Å². The minimum atomic E-state index is -0.210. The summed E-state index contributed by atoms with van der Waals surface area (Å²) in [6.07, 6.45) is 2.06. The lowest BCUT2D eigenvalue weighted by Gasteiger charge is -2.24. The monoisotopic (exact) mass is 424 g/mol. The Bertz CT molecular complexity index is 1450. The van der Waals surface area contributed by atoms with E-state index >= 15 is 0 Å². The summed E-state index contributed by atoms with van der Waals surface area (Å²) in [5, 5.41) is 2.26. The molecular formula is C29H29FN2. The minimum absolute atomic E-state index is 0.0142. The molecule has 2 aromatic heterocycles. The van der Waals surface area contributed by atoms with Gasteiger partial charge in [-0.3, -0.25) is 0 Å². The Morgan fingerprint density at radius 3 is 2.44 bits per heavy atom. The van der Waals surface area contributed by atoms with Gasteiger partial charge in [0, 0.05) is 39.7 Å². The van der Waals surface area contributed by atoms with Crippen LogP contribution >= 0.6 is 0 Å². The van der Waals surface area contributed by atoms with Gasteiger partial charge in [-0.2, -0.15) is 0 Å². The van der Waals surface area contributed by atoms with Crippen LogP contribution in [0.3, 0.4) is 0 Å². The highest BCUT2D eigenvalue weighted by Gasteiger charge is 2.29. The standard InChI is InChI=1S/C29H29FN2/c1-17(2)32-26-11-7-9-19(4)27(26)20(5)29(32)28(21-10-6-8-18(3)14-21)24-16-31-25-13-12-22(30)15-23(24)25/h6-17,28,31H,1-5H3/t28-/m0/s1. The summed E-state index contributed by atoms with van der Waals surface area (Å²) in [6.45, 7) is 11.0. The van der Waals surface area contributed by atoms with Crippen LogP contribution in [0.15, 0.2) is 66.9 Å². The van der Waals surface area contributed by atoms with E-state index in [1.54, 1.807) is 6.07 Å². The van der Waals surface area contributed by atoms with Gasteiger partial charge in [0.25, 0.3) is 0 Å². The summed E-state index contributed by atoms with van der Waals surface area (Å²) in [5.74, 6) is -0.224. The molecule has 5 aromatic rings. The molecule has 2 heterocycles. The Morgan fingerprint density at radius 2 is 1.69 bits per heavy atom. The summed E-state index contributed by atoms with van der Waals surface area (Å²) in [6, 6.07) is 20.6. The molecule has 2 nitrogen and oxygen atoms in total. The fourth-order valence-electron chi connectivity index (χ4n) is 5.38. The van der Waals surface area contributed by atoms with Crippen LogP contribution < -0.4 is 0 Å². The zero-order chi connectivity index (χ0) is 22.6. The maximum absolute atomic E-state index is 14.3. The van der Waals surface area contributed by atoms with Crippen molar-refractivity contribution < 1.29 is 4.39 Å². The fraction of sp³-hybridized carbons (Fsp3) is 0.241. The van der Waals surface area contributed by atoms with Gasteiger partial charge in [-0.05, 0) is 81.1 Å². The topological polar surface area (TPSA) is 20.7 Å². The van der Waals surface area contributed by atoms with Gasteiger partial charge < -0.3 is 9.55 Å². The van der Waals surface area contributed by atoms with Crippen molar-refractivity contribution in [2.75, 3.05) is 0 Å². The largest absolute Gasteiger partial charge is 0.361 e. The van der Waals surface area contributed by atoms with E-state index in [1.165, 1.54) is 44.9 Å². The number of aromatic nitrogens is 2. The quantitative estimate of drug-likeness (QED) is 0.302. The van der Waals surface area contributed by atoms with Gasteiger partial charge in [0.2, 0.25) is 0 Å². The lowest BCUT2D eigenvalue weighted by atomic mass is 9.85. The molecule has 0 bridgehead atoms. The van der Waals surface area contributed by atoms with E-state index in [4.69, 9.17) is 0 Å². The number of benzene rings is 3. The number of aromatic amines is 1. The maximum atomic E-state index is 14.3. The van der Waals surface area contributed by atoms with Gasteiger partial charge in [0.05, 0.1) is 5.92 Å². The first kappa shape index (κ1) is 20.6. The normalized spacial score (nSPS) is 12.8. The Labute approximate surface area is 188 Å². The molecule has 3 aromatic carbocycles. The van der Waals surface area contributed by atoms with Gasteiger partial charge in [-0.25, -0.2) is 4.39 Å². The third-order valence-corrected chi connectivity index (χ3v) is 6.68. The average Bonchev–Trinajstić information content (AvgIpc) is 3.28. The van der Waals surface area contributed by atoms with Gasteiger partial charge >= 0.3 is 0 Å². The van der Waals surface area contributed by atoms with Gasteiger partial charge in [0.1, 0.15) is 5.82 Å². The number of fused-ring (bicyclic) bond motifs is 2. The summed E-state index contributed by atoms with van der Waals surface area (Å²) in [4.78, 5) is 3.39. The molecule has 162 valence electrons. The maximum Gasteiger partial charge on any atom is 0.123 e. The summed E-state index contributed by atoms with van der Waals surface area (Å²) in [7, 11) is 0. The number of rotatable bonds is 4. The molecule has 0 saturated heterocycles. The number of halogens is 1. The predicted octanol–water partition coefficient (Wildman–Crippen LogP) is 7.95. The lowest BCUT2D eigenvalue weighted by Crippen LogP contribution is -2.13. The second-order valence-corrected chi connectivity index (χ2v) is 9.22. The van der Waals surface area contributed by atoms with Crippen molar-refractivity contribution in [3.05, 3.63) is 106 Å². The van der Waals surface area contributed by atoms with Crippen LogP contribution in [0, 0.1) is 26.6 Å². The van der Waals surface area contributed by atoms with E-state index in [0.717, 1.165) is 16.5 Å². The number of nitrogens with one attached hydrogen (secondary N) is 1. The molecule has 0 spiro atoms. The Balaban J connectivity index is 1.92. The van der Waals surface area contributed by atoms with Crippen molar-refractivity contribution in [3.63, 3.8) is 0 Å². The molecule has 32 heavy (non-hydrogen) atoms. The van der Waals surface area contributed by atoms with Gasteiger partial charge in [-0.15, -0.1) is 0 Å². The number of hydrogen-bond acceptors (Lipinski definition) is 0. The molecule has 0 radical (unpaired) electrons. The predicted molar refractivity (Wildman–Crippen MR) is 132 cm³/mol. The minimum Gasteiger partial charge on any atom is -0.361 e. The van der Waals surface area contributed by atoms with Crippen LogP contribution in [0.4, 0.5) is 4.39 Å². The van der Waals surface area contributed by atoms with E-state index in [9.17, 15) is 4.39 Å². The molecule has 1 N–H and O–H groups in total. The average molecular weight is 425 g/mol. The third kappa shape index (κ3) is 3.15. The first-order chi connectivity index (χ1) is 15.4. The SMILES string of the molecule is Cc1cccc([C@@H](c2c[nH]c3ccc(F)cc23)c2c(C)c3c(C)cccc3n2C(C)C)c1. The van der Waals surface area contributed by atoms with E-state index in [2.05, 4.69) is 92.8 Å². The molecule has 3 heteroatoms. The summed E-state index contributed by atoms with van der Waals surface area (Å²) in [5.41, 5.74) is 9.63. The van der Waals surface area contributed by atoms with Crippen molar-refractivity contribution in [1.29, 1.82) is 0 Å². The Hall–Kier alpha value is -3.33. The van der Waals surface area contributed by atoms with Crippen LogP contribution in [0.1, 0.15) is 59.3 Å². The lowest BCUT2D eigenvalue weighted by molar-refractivity contribution is 0.587. The molecule has 0 unspecified atom stereocenters. The number of nitrogens with zero attached hydrogens (tertiary/aromatic N) is 1. The Morgan fingerprint density at radius 1 is 0.906 bits per heavy atom. The first-order valence-electron chi connectivity index (χ1n) is 11.3. The zero-order valence-corrected chi connectivity index (χ0v) is 19.3. The van der Waals surface area contributed by atoms with E-state index in [-0.39, 0.29) is 17.8 Å². The number of hydrogen-bond donors (Lipinski definition) is 1. The van der Waals surface area contributed by atoms with Crippen molar-refractivity contribution >= 4 is 21.8 Å². The molecule has 5 rings (SSSR count). The number of aryl methyl sites for hydroxylation is 3. The van der Waals surface area contributed by atoms with Crippen LogP contribution in [0.25, 0.3) is 21.8 Å². The van der Waals surface area contributed by atoms with E-state index < -0.39 is 0 Å². The highest BCUT2D eigenvalue weighted by atomic mass is 19.1. The highest BCUT2D eigenvalue weighted by Crippen LogP contribution is 2.43. The summed E-state index contributed by atoms with van der Waals surface area (Å²) >= 11 is 0. The molecule has 0 aliphatic carbocycles. The Kier molecular flexibility index (Phi) is 4.93. The van der Waals surface area contributed by atoms with Crippen molar-refractivity contribution in [3.8, 4) is 0 Å². The molecule has 0 aliphatic heterocycles. The molecule has 0 aliphatic rings. The molecular weight excluding hydrogens is 395 g/mol. The van der Waals surface area contributed by atoms with Gasteiger partial charge in [0.15, 0.2) is 0 Å². The molecule has 0 saturated carbocycles. The molecule has 0 amide bonds. The smallest absolute Gasteiger partial charge is 0.123 e. The summed E-state index contributed by atoms with van der Waals surface area (Å²) < 4.78 is 16.8. The van der Waals surface area contributed by atoms with Crippen molar-refractivity contribution in [2.24, 2.45) is 0 Å². The highest BCUT2D eigenvalue weighted by molar-refractivity contribution is 5.90. The molecule has 0 fully saturated rings. The van der Waals surface area contributed by atoms with E-state index in [1.807, 2.05) is 6.07 Å². The van der Waals surface area contributed by atoms with Crippen LogP contribution in [-0.4, -0.2) is 9.55 Å². The fourth-order valence-corrected chi connectivity index (χ4v) is 5.38. The second kappa shape index (κ2) is 7.67. The van der Waals surface area contributed by atoms with Crippen molar-refractivity contribution in [2.45, 2.75) is 46.6 Å².